The SMILES string of the molecule is O[C@H]1c2scnc2CC[C@H]1[C@@H]1c2ccccc2-c2cncn21. The van der Waals surface area contributed by atoms with Crippen molar-refractivity contribution in [3.8, 4) is 11.3 Å². The van der Waals surface area contributed by atoms with Crippen molar-refractivity contribution in [2.75, 3.05) is 0 Å². The maximum atomic E-state index is 10.9. The number of aryl methyl sites for hydroxylation is 1. The van der Waals surface area contributed by atoms with Gasteiger partial charge in [-0.15, -0.1) is 11.3 Å². The van der Waals surface area contributed by atoms with E-state index in [-0.39, 0.29) is 12.0 Å². The van der Waals surface area contributed by atoms with E-state index in [2.05, 4.69) is 38.8 Å². The molecule has 0 spiro atoms. The minimum Gasteiger partial charge on any atom is -0.387 e. The van der Waals surface area contributed by atoms with Crippen LogP contribution in [0.4, 0.5) is 0 Å². The number of hydrogen-bond donors (Lipinski definition) is 1. The number of imidazole rings is 1. The Morgan fingerprint density at radius 1 is 1.27 bits per heavy atom. The van der Waals surface area contributed by atoms with Crippen molar-refractivity contribution in [2.45, 2.75) is 25.0 Å². The lowest BCUT2D eigenvalue weighted by Gasteiger charge is -2.33. The molecule has 2 aliphatic rings. The van der Waals surface area contributed by atoms with Crippen LogP contribution < -0.4 is 0 Å². The fourth-order valence-corrected chi connectivity index (χ4v) is 4.90. The van der Waals surface area contributed by atoms with Crippen LogP contribution in [0.3, 0.4) is 0 Å². The first-order chi connectivity index (χ1) is 10.8. The number of hydrogen-bond acceptors (Lipinski definition) is 4. The van der Waals surface area contributed by atoms with Gasteiger partial charge in [-0.3, -0.25) is 0 Å². The summed E-state index contributed by atoms with van der Waals surface area (Å²) >= 11 is 1.57. The molecule has 5 rings (SSSR count). The van der Waals surface area contributed by atoms with E-state index >= 15 is 0 Å². The van der Waals surface area contributed by atoms with Crippen LogP contribution >= 0.6 is 11.3 Å². The standard InChI is InChI=1S/C17H15N3OS/c21-16-12(5-6-13-17(16)22-9-19-13)15-11-4-2-1-3-10(11)14-7-18-8-20(14)15/h1-4,7-9,12,15-16,21H,5-6H2/t12-,15-,16+/m0/s1. The Hall–Kier alpha value is -1.98. The molecule has 1 aromatic carbocycles. The van der Waals surface area contributed by atoms with Crippen LogP contribution in [0.2, 0.25) is 0 Å². The Morgan fingerprint density at radius 3 is 3.14 bits per heavy atom. The van der Waals surface area contributed by atoms with Crippen molar-refractivity contribution in [2.24, 2.45) is 5.92 Å². The van der Waals surface area contributed by atoms with Crippen LogP contribution in [0.5, 0.6) is 0 Å². The van der Waals surface area contributed by atoms with Crippen LogP contribution in [0.15, 0.2) is 42.3 Å². The third kappa shape index (κ3) is 1.55. The molecule has 1 N–H and O–H groups in total. The van der Waals surface area contributed by atoms with Gasteiger partial charge in [-0.25, -0.2) is 9.97 Å². The van der Waals surface area contributed by atoms with Crippen LogP contribution in [0.1, 0.15) is 34.7 Å². The van der Waals surface area contributed by atoms with Crippen LogP contribution in [-0.2, 0) is 6.42 Å². The highest BCUT2D eigenvalue weighted by atomic mass is 32.1. The maximum absolute atomic E-state index is 10.9. The smallest absolute Gasteiger partial charge is 0.0956 e. The normalized spacial score (nSPS) is 25.6. The summed E-state index contributed by atoms with van der Waals surface area (Å²) in [6, 6.07) is 8.65. The topological polar surface area (TPSA) is 50.9 Å². The minimum atomic E-state index is -0.442. The van der Waals surface area contributed by atoms with Gasteiger partial charge in [-0.05, 0) is 18.4 Å². The van der Waals surface area contributed by atoms with Crippen LogP contribution in [0, 0.1) is 5.92 Å². The fourth-order valence-electron chi connectivity index (χ4n) is 4.00. The predicted molar refractivity (Wildman–Crippen MR) is 84.7 cm³/mol. The lowest BCUT2D eigenvalue weighted by molar-refractivity contribution is 0.0748. The van der Waals surface area contributed by atoms with Crippen molar-refractivity contribution < 1.29 is 5.11 Å². The number of fused-ring (bicyclic) bond motifs is 4. The van der Waals surface area contributed by atoms with E-state index in [4.69, 9.17) is 0 Å². The molecule has 0 saturated heterocycles. The van der Waals surface area contributed by atoms with Gasteiger partial charge in [0.05, 0.1) is 46.4 Å². The molecule has 0 saturated carbocycles. The molecule has 0 amide bonds. The first-order valence-electron chi connectivity index (χ1n) is 7.56. The molecule has 1 aliphatic heterocycles. The van der Waals surface area contributed by atoms with Gasteiger partial charge < -0.3 is 9.67 Å². The summed E-state index contributed by atoms with van der Waals surface area (Å²) < 4.78 is 2.23. The van der Waals surface area contributed by atoms with Gasteiger partial charge in [-0.1, -0.05) is 24.3 Å². The monoisotopic (exact) mass is 309 g/mol. The van der Waals surface area contributed by atoms with Gasteiger partial charge in [0.15, 0.2) is 0 Å². The Morgan fingerprint density at radius 2 is 2.18 bits per heavy atom. The largest absolute Gasteiger partial charge is 0.387 e. The maximum Gasteiger partial charge on any atom is 0.0956 e. The van der Waals surface area contributed by atoms with Crippen molar-refractivity contribution >= 4 is 11.3 Å². The Kier molecular flexibility index (Phi) is 2.57. The number of aliphatic hydroxyl groups is 1. The predicted octanol–water partition coefficient (Wildman–Crippen LogP) is 3.21. The van der Waals surface area contributed by atoms with E-state index in [9.17, 15) is 5.11 Å². The second kappa shape index (κ2) is 4.51. The average molecular weight is 309 g/mol. The van der Waals surface area contributed by atoms with Gasteiger partial charge in [0.2, 0.25) is 0 Å². The second-order valence-corrected chi connectivity index (χ2v) is 6.92. The van der Waals surface area contributed by atoms with Gasteiger partial charge in [0.1, 0.15) is 0 Å². The summed E-state index contributed by atoms with van der Waals surface area (Å²) in [4.78, 5) is 9.75. The summed E-state index contributed by atoms with van der Waals surface area (Å²) in [5.74, 6) is 0.171. The molecule has 4 nitrogen and oxygen atoms in total. The minimum absolute atomic E-state index is 0.166. The molecule has 3 heterocycles. The van der Waals surface area contributed by atoms with E-state index in [0.717, 1.165) is 29.1 Å². The zero-order valence-corrected chi connectivity index (χ0v) is 12.7. The molecule has 0 unspecified atom stereocenters. The summed E-state index contributed by atoms with van der Waals surface area (Å²) in [6.07, 6.45) is 5.28. The summed E-state index contributed by atoms with van der Waals surface area (Å²) in [5, 5.41) is 10.9. The molecule has 5 heteroatoms. The number of aromatic nitrogens is 3. The zero-order chi connectivity index (χ0) is 14.7. The molecule has 110 valence electrons. The Labute approximate surface area is 132 Å². The third-order valence-corrected chi connectivity index (χ3v) is 5.93. The van der Waals surface area contributed by atoms with Crippen LogP contribution in [-0.4, -0.2) is 19.6 Å². The van der Waals surface area contributed by atoms with Crippen molar-refractivity contribution in [1.82, 2.24) is 14.5 Å². The molecule has 2 aromatic heterocycles. The van der Waals surface area contributed by atoms with E-state index < -0.39 is 6.10 Å². The molecule has 22 heavy (non-hydrogen) atoms. The summed E-state index contributed by atoms with van der Waals surface area (Å²) in [7, 11) is 0. The highest BCUT2D eigenvalue weighted by Gasteiger charge is 2.41. The van der Waals surface area contributed by atoms with Crippen molar-refractivity contribution in [3.05, 3.63) is 58.4 Å². The molecular formula is C17H15N3OS. The molecule has 0 radical (unpaired) electrons. The zero-order valence-electron chi connectivity index (χ0n) is 11.9. The van der Waals surface area contributed by atoms with E-state index in [1.807, 2.05) is 18.0 Å². The lowest BCUT2D eigenvalue weighted by Crippen LogP contribution is -2.27. The second-order valence-electron chi connectivity index (χ2n) is 6.03. The molecular weight excluding hydrogens is 294 g/mol. The van der Waals surface area contributed by atoms with Gasteiger partial charge in [0.25, 0.3) is 0 Å². The van der Waals surface area contributed by atoms with Gasteiger partial charge in [0, 0.05) is 11.5 Å². The molecule has 3 atom stereocenters. The van der Waals surface area contributed by atoms with Gasteiger partial charge >= 0.3 is 0 Å². The Bertz CT molecular complexity index is 853. The van der Waals surface area contributed by atoms with E-state index in [1.165, 1.54) is 11.1 Å². The van der Waals surface area contributed by atoms with E-state index in [0.29, 0.717) is 0 Å². The highest BCUT2D eigenvalue weighted by Crippen LogP contribution is 2.50. The highest BCUT2D eigenvalue weighted by molar-refractivity contribution is 7.09. The lowest BCUT2D eigenvalue weighted by atomic mass is 9.80. The van der Waals surface area contributed by atoms with Crippen LogP contribution in [0.25, 0.3) is 11.3 Å². The van der Waals surface area contributed by atoms with Crippen molar-refractivity contribution in [1.29, 1.82) is 0 Å². The number of benzene rings is 1. The first kappa shape index (κ1) is 12.6. The number of nitrogens with zero attached hydrogens (tertiary/aromatic N) is 3. The van der Waals surface area contributed by atoms with E-state index in [1.54, 1.807) is 11.3 Å². The number of rotatable bonds is 1. The molecule has 1 aliphatic carbocycles. The Balaban J connectivity index is 1.65. The molecule has 0 fully saturated rings. The molecule has 3 aromatic rings. The molecule has 0 bridgehead atoms. The summed E-state index contributed by atoms with van der Waals surface area (Å²) in [5.41, 5.74) is 6.62. The van der Waals surface area contributed by atoms with Crippen molar-refractivity contribution in [3.63, 3.8) is 0 Å². The van der Waals surface area contributed by atoms with Gasteiger partial charge in [-0.2, -0.15) is 0 Å². The average Bonchev–Trinajstić information content (AvgIpc) is 3.23. The number of aliphatic hydroxyl groups excluding tert-OH is 1. The number of thiazole rings is 1. The quantitative estimate of drug-likeness (QED) is 0.751. The summed E-state index contributed by atoms with van der Waals surface area (Å²) in [6.45, 7) is 0. The third-order valence-electron chi connectivity index (χ3n) is 4.99. The first-order valence-corrected chi connectivity index (χ1v) is 8.44. The fraction of sp³-hybridized carbons (Fsp3) is 0.294.